The first-order valence-electron chi connectivity index (χ1n) is 6.44. The van der Waals surface area contributed by atoms with E-state index in [1.54, 1.807) is 0 Å². The van der Waals surface area contributed by atoms with E-state index in [9.17, 15) is 0 Å². The molecule has 0 spiro atoms. The van der Waals surface area contributed by atoms with Crippen LogP contribution in [0.5, 0.6) is 0 Å². The predicted octanol–water partition coefficient (Wildman–Crippen LogP) is 3.35. The van der Waals surface area contributed by atoms with Crippen LogP contribution in [0.1, 0.15) is 52.4 Å². The van der Waals surface area contributed by atoms with Crippen LogP contribution in [-0.2, 0) is 0 Å². The molecule has 1 heterocycles. The van der Waals surface area contributed by atoms with Crippen LogP contribution in [0.15, 0.2) is 0 Å². The normalized spacial score (nSPS) is 29.8. The monoisotopic (exact) mass is 227 g/mol. The fourth-order valence-corrected chi connectivity index (χ4v) is 3.77. The third-order valence-corrected chi connectivity index (χ3v) is 5.27. The fraction of sp³-hybridized carbons (Fsp3) is 1.00. The first-order chi connectivity index (χ1) is 7.08. The largest absolute Gasteiger partial charge is 0.298 e. The molecule has 0 radical (unpaired) electrons. The Balaban J connectivity index is 2.00. The van der Waals surface area contributed by atoms with E-state index in [1.165, 1.54) is 51.6 Å². The smallest absolute Gasteiger partial charge is 0.0153 e. The van der Waals surface area contributed by atoms with Gasteiger partial charge in [-0.25, -0.2) is 0 Å². The summed E-state index contributed by atoms with van der Waals surface area (Å²) in [6.07, 6.45) is 8.42. The standard InChI is InChI=1S/C13H25NS/c1-12(2)6-5-9-14(12)10-13(11-15)7-3-4-8-13/h15H,3-11H2,1-2H3. The van der Waals surface area contributed by atoms with Gasteiger partial charge in [0.1, 0.15) is 0 Å². The van der Waals surface area contributed by atoms with E-state index < -0.39 is 0 Å². The van der Waals surface area contributed by atoms with Gasteiger partial charge in [0.05, 0.1) is 0 Å². The maximum Gasteiger partial charge on any atom is 0.0153 e. The van der Waals surface area contributed by atoms with Gasteiger partial charge >= 0.3 is 0 Å². The molecule has 2 rings (SSSR count). The summed E-state index contributed by atoms with van der Waals surface area (Å²) in [6, 6.07) is 0. The molecule has 1 nitrogen and oxygen atoms in total. The Hall–Kier alpha value is 0.310. The van der Waals surface area contributed by atoms with Crippen LogP contribution < -0.4 is 0 Å². The molecule has 0 aromatic heterocycles. The van der Waals surface area contributed by atoms with E-state index in [0.29, 0.717) is 11.0 Å². The molecule has 1 aliphatic carbocycles. The maximum atomic E-state index is 4.60. The van der Waals surface area contributed by atoms with Crippen molar-refractivity contribution < 1.29 is 0 Å². The van der Waals surface area contributed by atoms with Crippen LogP contribution in [0.2, 0.25) is 0 Å². The van der Waals surface area contributed by atoms with Gasteiger partial charge in [0.2, 0.25) is 0 Å². The van der Waals surface area contributed by atoms with Gasteiger partial charge in [-0.15, -0.1) is 0 Å². The SMILES string of the molecule is CC1(C)CCCN1CC1(CS)CCCC1. The van der Waals surface area contributed by atoms with Crippen molar-refractivity contribution in [1.82, 2.24) is 4.90 Å². The zero-order valence-electron chi connectivity index (χ0n) is 10.3. The van der Waals surface area contributed by atoms with Gasteiger partial charge in [-0.05, 0) is 57.2 Å². The maximum absolute atomic E-state index is 4.60. The molecule has 1 saturated heterocycles. The lowest BCUT2D eigenvalue weighted by Gasteiger charge is -2.39. The van der Waals surface area contributed by atoms with Crippen LogP contribution in [0, 0.1) is 5.41 Å². The minimum atomic E-state index is 0.443. The summed E-state index contributed by atoms with van der Waals surface area (Å²) in [5.41, 5.74) is 0.989. The first-order valence-corrected chi connectivity index (χ1v) is 7.07. The van der Waals surface area contributed by atoms with Crippen molar-refractivity contribution in [3.8, 4) is 0 Å². The molecule has 0 aromatic rings. The Morgan fingerprint density at radius 2 is 1.73 bits per heavy atom. The molecule has 2 heteroatoms. The van der Waals surface area contributed by atoms with Gasteiger partial charge < -0.3 is 0 Å². The number of nitrogens with zero attached hydrogens (tertiary/aromatic N) is 1. The van der Waals surface area contributed by atoms with Crippen molar-refractivity contribution in [2.24, 2.45) is 5.41 Å². The average molecular weight is 227 g/mol. The molecular weight excluding hydrogens is 202 g/mol. The number of thiol groups is 1. The molecule has 15 heavy (non-hydrogen) atoms. The van der Waals surface area contributed by atoms with Gasteiger partial charge in [-0.3, -0.25) is 4.90 Å². The van der Waals surface area contributed by atoms with Crippen LogP contribution in [0.4, 0.5) is 0 Å². The summed E-state index contributed by atoms with van der Waals surface area (Å²) in [5.74, 6) is 1.08. The van der Waals surface area contributed by atoms with Crippen molar-refractivity contribution in [3.63, 3.8) is 0 Å². The first kappa shape index (κ1) is 11.8. The van der Waals surface area contributed by atoms with Crippen LogP contribution in [-0.4, -0.2) is 29.3 Å². The van der Waals surface area contributed by atoms with E-state index >= 15 is 0 Å². The highest BCUT2D eigenvalue weighted by Gasteiger charge is 2.40. The predicted molar refractivity (Wildman–Crippen MR) is 69.6 cm³/mol. The molecule has 0 atom stereocenters. The number of hydrogen-bond acceptors (Lipinski definition) is 2. The zero-order valence-corrected chi connectivity index (χ0v) is 11.2. The second-order valence-electron chi connectivity index (χ2n) is 6.20. The van der Waals surface area contributed by atoms with Crippen LogP contribution >= 0.6 is 12.6 Å². The Bertz CT molecular complexity index is 219. The topological polar surface area (TPSA) is 3.24 Å². The summed E-state index contributed by atoms with van der Waals surface area (Å²) < 4.78 is 0. The van der Waals surface area contributed by atoms with E-state index in [-0.39, 0.29) is 0 Å². The van der Waals surface area contributed by atoms with Gasteiger partial charge in [0.25, 0.3) is 0 Å². The molecule has 0 bridgehead atoms. The molecule has 0 unspecified atom stereocenters. The quantitative estimate of drug-likeness (QED) is 0.724. The molecule has 2 aliphatic rings. The summed E-state index contributed by atoms with van der Waals surface area (Å²) in [5, 5.41) is 0. The Kier molecular flexibility index (Phi) is 3.37. The molecule has 0 amide bonds. The molecule has 2 fully saturated rings. The number of hydrogen-bond donors (Lipinski definition) is 1. The Morgan fingerprint density at radius 1 is 1.07 bits per heavy atom. The number of rotatable bonds is 3. The molecule has 88 valence electrons. The summed E-state index contributed by atoms with van der Waals surface area (Å²) in [4.78, 5) is 2.72. The molecular formula is C13H25NS. The minimum Gasteiger partial charge on any atom is -0.298 e. The van der Waals surface area contributed by atoms with E-state index in [4.69, 9.17) is 0 Å². The van der Waals surface area contributed by atoms with Crippen molar-refractivity contribution >= 4 is 12.6 Å². The lowest BCUT2D eigenvalue weighted by Crippen LogP contribution is -2.45. The van der Waals surface area contributed by atoms with E-state index in [0.717, 1.165) is 5.75 Å². The lowest BCUT2D eigenvalue weighted by atomic mass is 9.86. The lowest BCUT2D eigenvalue weighted by molar-refractivity contribution is 0.110. The highest BCUT2D eigenvalue weighted by Crippen LogP contribution is 2.42. The summed E-state index contributed by atoms with van der Waals surface area (Å²) >= 11 is 4.60. The third kappa shape index (κ3) is 2.36. The van der Waals surface area contributed by atoms with Gasteiger partial charge in [0, 0.05) is 12.1 Å². The highest BCUT2D eigenvalue weighted by molar-refractivity contribution is 7.80. The second kappa shape index (κ2) is 4.29. The van der Waals surface area contributed by atoms with E-state index in [2.05, 4.69) is 31.4 Å². The van der Waals surface area contributed by atoms with Crippen LogP contribution in [0.3, 0.4) is 0 Å². The Labute approximate surface area is 100 Å². The number of likely N-dealkylation sites (tertiary alicyclic amines) is 1. The average Bonchev–Trinajstić information content (AvgIpc) is 2.76. The van der Waals surface area contributed by atoms with Crippen molar-refractivity contribution in [1.29, 1.82) is 0 Å². The minimum absolute atomic E-state index is 0.443. The van der Waals surface area contributed by atoms with Crippen LogP contribution in [0.25, 0.3) is 0 Å². The highest BCUT2D eigenvalue weighted by atomic mass is 32.1. The molecule has 1 aliphatic heterocycles. The molecule has 0 aromatic carbocycles. The van der Waals surface area contributed by atoms with Gasteiger partial charge in [-0.2, -0.15) is 12.6 Å². The fourth-order valence-electron chi connectivity index (χ4n) is 3.35. The second-order valence-corrected chi connectivity index (χ2v) is 6.52. The van der Waals surface area contributed by atoms with Crippen molar-refractivity contribution in [2.75, 3.05) is 18.8 Å². The summed E-state index contributed by atoms with van der Waals surface area (Å²) in [7, 11) is 0. The molecule has 1 saturated carbocycles. The van der Waals surface area contributed by atoms with Crippen molar-refractivity contribution in [2.45, 2.75) is 57.9 Å². The molecule has 0 N–H and O–H groups in total. The van der Waals surface area contributed by atoms with Gasteiger partial charge in [-0.1, -0.05) is 12.8 Å². The Morgan fingerprint density at radius 3 is 2.20 bits per heavy atom. The zero-order chi connectivity index (χ0) is 10.9. The van der Waals surface area contributed by atoms with Crippen molar-refractivity contribution in [3.05, 3.63) is 0 Å². The third-order valence-electron chi connectivity index (χ3n) is 4.60. The van der Waals surface area contributed by atoms with E-state index in [1.807, 2.05) is 0 Å². The van der Waals surface area contributed by atoms with Gasteiger partial charge in [0.15, 0.2) is 0 Å². The summed E-state index contributed by atoms with van der Waals surface area (Å²) in [6.45, 7) is 7.41.